The number of aromatic nitrogens is 2. The summed E-state index contributed by atoms with van der Waals surface area (Å²) >= 11 is 23.3. The molecule has 0 atom stereocenters. The van der Waals surface area contributed by atoms with Gasteiger partial charge in [0.25, 0.3) is 0 Å². The fraction of sp³-hybridized carbons (Fsp3) is 0. The lowest BCUT2D eigenvalue weighted by Crippen LogP contribution is -1.79. The summed E-state index contributed by atoms with van der Waals surface area (Å²) in [5, 5.41) is 4.01. The summed E-state index contributed by atoms with van der Waals surface area (Å²) in [6.07, 6.45) is 0. The number of fused-ring (bicyclic) bond motifs is 2. The molecule has 0 aliphatic carbocycles. The van der Waals surface area contributed by atoms with Gasteiger partial charge in [-0.2, -0.15) is 0 Å². The van der Waals surface area contributed by atoms with Crippen LogP contribution in [0.15, 0.2) is 60.7 Å². The third kappa shape index (κ3) is 3.90. The lowest BCUT2D eigenvalue weighted by molar-refractivity contribution is 1.41. The van der Waals surface area contributed by atoms with Crippen molar-refractivity contribution in [1.82, 2.24) is 9.97 Å². The number of hydrogen-bond donors (Lipinski definition) is 0. The summed E-state index contributed by atoms with van der Waals surface area (Å²) in [7, 11) is 0. The smallest absolute Gasteiger partial charge is 0.131 e. The van der Waals surface area contributed by atoms with Crippen LogP contribution in [-0.2, 0) is 0 Å². The first kappa shape index (κ1) is 17.2. The largest absolute Gasteiger partial charge is 0.236 e. The third-order valence-corrected chi connectivity index (χ3v) is 4.28. The van der Waals surface area contributed by atoms with Gasteiger partial charge in [0.05, 0.1) is 21.1 Å². The van der Waals surface area contributed by atoms with Crippen molar-refractivity contribution in [3.8, 4) is 0 Å². The Kier molecular flexibility index (Phi) is 5.42. The number of para-hydroxylation sites is 2. The molecule has 2 nitrogen and oxygen atoms in total. The first-order valence-corrected chi connectivity index (χ1v) is 8.47. The fourth-order valence-corrected chi connectivity index (χ4v) is 3.24. The molecule has 0 saturated heterocycles. The van der Waals surface area contributed by atoms with Crippen LogP contribution in [0.5, 0.6) is 0 Å². The minimum atomic E-state index is 0.429. The molecular formula is C18H10Cl4N2. The third-order valence-electron chi connectivity index (χ3n) is 3.27. The number of pyridine rings is 2. The van der Waals surface area contributed by atoms with Gasteiger partial charge < -0.3 is 0 Å². The highest BCUT2D eigenvalue weighted by Crippen LogP contribution is 2.25. The van der Waals surface area contributed by atoms with Crippen molar-refractivity contribution in [3.05, 3.63) is 81.0 Å². The molecule has 2 heterocycles. The Morgan fingerprint density at radius 3 is 1.33 bits per heavy atom. The Morgan fingerprint density at radius 1 is 0.542 bits per heavy atom. The van der Waals surface area contributed by atoms with Crippen molar-refractivity contribution in [3.63, 3.8) is 0 Å². The van der Waals surface area contributed by atoms with Crippen LogP contribution in [-0.4, -0.2) is 9.97 Å². The van der Waals surface area contributed by atoms with Crippen molar-refractivity contribution < 1.29 is 0 Å². The van der Waals surface area contributed by atoms with E-state index in [-0.39, 0.29) is 0 Å². The Bertz CT molecular complexity index is 935. The van der Waals surface area contributed by atoms with Crippen LogP contribution in [0, 0.1) is 0 Å². The van der Waals surface area contributed by atoms with Gasteiger partial charge in [0.15, 0.2) is 0 Å². The van der Waals surface area contributed by atoms with Crippen molar-refractivity contribution in [2.24, 2.45) is 0 Å². The number of benzene rings is 2. The predicted octanol–water partition coefficient (Wildman–Crippen LogP) is 7.08. The SMILES string of the molecule is Clc1cc(Cl)c2ccccc2n1.Clc1cc(Cl)c2ccccc2n1. The number of halogens is 4. The van der Waals surface area contributed by atoms with E-state index in [4.69, 9.17) is 46.4 Å². The summed E-state index contributed by atoms with van der Waals surface area (Å²) < 4.78 is 0. The van der Waals surface area contributed by atoms with Gasteiger partial charge in [-0.25, -0.2) is 9.97 Å². The predicted molar refractivity (Wildman–Crippen MR) is 104 cm³/mol. The van der Waals surface area contributed by atoms with Gasteiger partial charge >= 0.3 is 0 Å². The summed E-state index contributed by atoms with van der Waals surface area (Å²) in [4.78, 5) is 8.23. The highest BCUT2D eigenvalue weighted by molar-refractivity contribution is 6.38. The standard InChI is InChI=1S/2C9H5Cl2N/c2*10-7-5-9(11)12-8-4-2-1-3-6(7)8/h2*1-5H. The molecule has 2 aromatic heterocycles. The zero-order chi connectivity index (χ0) is 17.1. The molecule has 0 amide bonds. The number of rotatable bonds is 0. The lowest BCUT2D eigenvalue weighted by atomic mass is 10.2. The van der Waals surface area contributed by atoms with Gasteiger partial charge in [-0.3, -0.25) is 0 Å². The Labute approximate surface area is 159 Å². The first-order valence-electron chi connectivity index (χ1n) is 6.96. The highest BCUT2D eigenvalue weighted by Gasteiger charge is 2.01. The molecule has 2 aromatic carbocycles. The van der Waals surface area contributed by atoms with Crippen LogP contribution in [0.3, 0.4) is 0 Å². The van der Waals surface area contributed by atoms with Gasteiger partial charge in [-0.15, -0.1) is 0 Å². The van der Waals surface area contributed by atoms with Gasteiger partial charge in [-0.1, -0.05) is 82.8 Å². The molecule has 4 rings (SSSR count). The zero-order valence-electron chi connectivity index (χ0n) is 12.2. The van der Waals surface area contributed by atoms with Crippen LogP contribution in [0.2, 0.25) is 20.4 Å². The molecule has 0 N–H and O–H groups in total. The summed E-state index contributed by atoms with van der Waals surface area (Å²) in [5.74, 6) is 0. The molecule has 24 heavy (non-hydrogen) atoms. The summed E-state index contributed by atoms with van der Waals surface area (Å²) in [6, 6.07) is 18.5. The molecule has 0 saturated carbocycles. The second-order valence-corrected chi connectivity index (χ2v) is 6.48. The van der Waals surface area contributed by atoms with Crippen molar-refractivity contribution in [2.75, 3.05) is 0 Å². The van der Waals surface area contributed by atoms with E-state index in [9.17, 15) is 0 Å². The monoisotopic (exact) mass is 394 g/mol. The second-order valence-electron chi connectivity index (χ2n) is 4.89. The lowest BCUT2D eigenvalue weighted by Gasteiger charge is -1.98. The molecule has 4 aromatic rings. The molecular weight excluding hydrogens is 386 g/mol. The molecule has 0 aliphatic heterocycles. The summed E-state index contributed by atoms with van der Waals surface area (Å²) in [5.41, 5.74) is 1.66. The van der Waals surface area contributed by atoms with E-state index < -0.39 is 0 Å². The van der Waals surface area contributed by atoms with Crippen molar-refractivity contribution >= 4 is 68.2 Å². The maximum atomic E-state index is 5.94. The average molecular weight is 396 g/mol. The van der Waals surface area contributed by atoms with E-state index in [0.717, 1.165) is 21.8 Å². The number of nitrogens with zero attached hydrogens (tertiary/aromatic N) is 2. The van der Waals surface area contributed by atoms with E-state index in [2.05, 4.69) is 9.97 Å². The molecule has 120 valence electrons. The highest BCUT2D eigenvalue weighted by atomic mass is 35.5. The van der Waals surface area contributed by atoms with Crippen LogP contribution in [0.25, 0.3) is 21.8 Å². The maximum Gasteiger partial charge on any atom is 0.131 e. The Balaban J connectivity index is 0.000000141. The topological polar surface area (TPSA) is 25.8 Å². The average Bonchev–Trinajstić information content (AvgIpc) is 2.55. The summed E-state index contributed by atoms with van der Waals surface area (Å²) in [6.45, 7) is 0. The van der Waals surface area contributed by atoms with E-state index >= 15 is 0 Å². The van der Waals surface area contributed by atoms with Gasteiger partial charge in [0.2, 0.25) is 0 Å². The molecule has 0 bridgehead atoms. The maximum absolute atomic E-state index is 5.94. The molecule has 0 spiro atoms. The molecule has 0 fully saturated rings. The fourth-order valence-electron chi connectivity index (χ4n) is 2.21. The van der Waals surface area contributed by atoms with Crippen LogP contribution >= 0.6 is 46.4 Å². The van der Waals surface area contributed by atoms with Crippen LogP contribution < -0.4 is 0 Å². The van der Waals surface area contributed by atoms with E-state index in [1.54, 1.807) is 12.1 Å². The molecule has 0 unspecified atom stereocenters. The molecule has 6 heteroatoms. The van der Waals surface area contributed by atoms with Crippen molar-refractivity contribution in [2.45, 2.75) is 0 Å². The van der Waals surface area contributed by atoms with E-state index in [1.165, 1.54) is 0 Å². The van der Waals surface area contributed by atoms with Crippen LogP contribution in [0.4, 0.5) is 0 Å². The van der Waals surface area contributed by atoms with E-state index in [0.29, 0.717) is 20.4 Å². The molecule has 0 aliphatic rings. The van der Waals surface area contributed by atoms with Gasteiger partial charge in [0, 0.05) is 10.8 Å². The zero-order valence-corrected chi connectivity index (χ0v) is 15.2. The quantitative estimate of drug-likeness (QED) is 0.297. The Hall–Kier alpha value is -1.58. The van der Waals surface area contributed by atoms with Gasteiger partial charge in [0.1, 0.15) is 10.3 Å². The Morgan fingerprint density at radius 2 is 0.917 bits per heavy atom. The minimum Gasteiger partial charge on any atom is -0.236 e. The number of hydrogen-bond acceptors (Lipinski definition) is 2. The van der Waals surface area contributed by atoms with E-state index in [1.807, 2.05) is 48.5 Å². The molecule has 0 radical (unpaired) electrons. The second kappa shape index (κ2) is 7.54. The normalized spacial score (nSPS) is 10.5. The van der Waals surface area contributed by atoms with Crippen molar-refractivity contribution in [1.29, 1.82) is 0 Å². The first-order chi connectivity index (χ1) is 11.5. The van der Waals surface area contributed by atoms with Gasteiger partial charge in [-0.05, 0) is 24.3 Å². The minimum absolute atomic E-state index is 0.429. The van der Waals surface area contributed by atoms with Crippen LogP contribution in [0.1, 0.15) is 0 Å².